The third-order valence-corrected chi connectivity index (χ3v) is 4.02. The first-order chi connectivity index (χ1) is 9.25. The molecule has 2 aliphatic rings. The molecule has 0 aromatic carbocycles. The monoisotopic (exact) mass is 267 g/mol. The fourth-order valence-electron chi connectivity index (χ4n) is 2.89. The van der Waals surface area contributed by atoms with Crippen LogP contribution in [0.1, 0.15) is 51.4 Å². The number of amides is 3. The number of urea groups is 1. The minimum Gasteiger partial charge on any atom is -0.343 e. The highest BCUT2D eigenvalue weighted by Gasteiger charge is 2.18. The Hall–Kier alpha value is -1.26. The maximum atomic E-state index is 11.8. The van der Waals surface area contributed by atoms with Gasteiger partial charge in [0.1, 0.15) is 0 Å². The number of rotatable bonds is 4. The average molecular weight is 267 g/mol. The molecule has 2 rings (SSSR count). The van der Waals surface area contributed by atoms with E-state index in [4.69, 9.17) is 0 Å². The lowest BCUT2D eigenvalue weighted by molar-refractivity contribution is -0.129. The second-order valence-corrected chi connectivity index (χ2v) is 5.57. The van der Waals surface area contributed by atoms with Gasteiger partial charge in [-0.3, -0.25) is 4.79 Å². The number of nitrogens with zero attached hydrogens (tertiary/aromatic N) is 1. The maximum Gasteiger partial charge on any atom is 0.315 e. The van der Waals surface area contributed by atoms with Crippen molar-refractivity contribution in [2.75, 3.05) is 19.6 Å². The van der Waals surface area contributed by atoms with Crippen LogP contribution < -0.4 is 10.6 Å². The molecule has 1 aliphatic carbocycles. The predicted molar refractivity (Wildman–Crippen MR) is 73.8 cm³/mol. The van der Waals surface area contributed by atoms with E-state index in [1.165, 1.54) is 19.3 Å². The molecule has 0 atom stereocenters. The second kappa shape index (κ2) is 7.36. The van der Waals surface area contributed by atoms with Crippen molar-refractivity contribution in [2.24, 2.45) is 0 Å². The molecule has 108 valence electrons. The van der Waals surface area contributed by atoms with Gasteiger partial charge in [-0.05, 0) is 25.7 Å². The summed E-state index contributed by atoms with van der Waals surface area (Å²) >= 11 is 0. The van der Waals surface area contributed by atoms with E-state index in [-0.39, 0.29) is 11.9 Å². The summed E-state index contributed by atoms with van der Waals surface area (Å²) in [5, 5.41) is 5.77. The zero-order valence-corrected chi connectivity index (χ0v) is 11.6. The van der Waals surface area contributed by atoms with Crippen molar-refractivity contribution >= 4 is 11.9 Å². The number of hydrogen-bond donors (Lipinski definition) is 2. The van der Waals surface area contributed by atoms with E-state index in [0.717, 1.165) is 38.8 Å². The Kier molecular flexibility index (Phi) is 5.48. The van der Waals surface area contributed by atoms with Gasteiger partial charge in [0.15, 0.2) is 0 Å². The zero-order valence-electron chi connectivity index (χ0n) is 11.6. The van der Waals surface area contributed by atoms with Crippen LogP contribution in [0.4, 0.5) is 4.79 Å². The molecule has 1 aliphatic heterocycles. The van der Waals surface area contributed by atoms with Gasteiger partial charge in [-0.25, -0.2) is 4.79 Å². The standard InChI is InChI=1S/C14H25N3O2/c18-13(17-10-4-5-11-17)8-9-15-14(19)16-12-6-2-1-3-7-12/h12H,1-11H2,(H2,15,16,19). The fourth-order valence-corrected chi connectivity index (χ4v) is 2.89. The Morgan fingerprint density at radius 3 is 2.37 bits per heavy atom. The third kappa shape index (κ3) is 4.73. The molecule has 0 aromatic rings. The number of likely N-dealkylation sites (tertiary alicyclic amines) is 1. The summed E-state index contributed by atoms with van der Waals surface area (Å²) in [5.74, 6) is 0.162. The van der Waals surface area contributed by atoms with Crippen LogP contribution in [0.5, 0.6) is 0 Å². The van der Waals surface area contributed by atoms with E-state index in [2.05, 4.69) is 10.6 Å². The van der Waals surface area contributed by atoms with Gasteiger partial charge >= 0.3 is 6.03 Å². The quantitative estimate of drug-likeness (QED) is 0.813. The van der Waals surface area contributed by atoms with Crippen molar-refractivity contribution in [3.05, 3.63) is 0 Å². The van der Waals surface area contributed by atoms with Gasteiger partial charge < -0.3 is 15.5 Å². The Morgan fingerprint density at radius 1 is 1.00 bits per heavy atom. The lowest BCUT2D eigenvalue weighted by Gasteiger charge is -2.23. The largest absolute Gasteiger partial charge is 0.343 e. The normalized spacial score (nSPS) is 20.3. The van der Waals surface area contributed by atoms with Crippen LogP contribution in [-0.2, 0) is 4.79 Å². The van der Waals surface area contributed by atoms with E-state index in [1.54, 1.807) is 0 Å². The van der Waals surface area contributed by atoms with Gasteiger partial charge in [0.25, 0.3) is 0 Å². The molecule has 1 saturated heterocycles. The Labute approximate surface area is 115 Å². The highest BCUT2D eigenvalue weighted by Crippen LogP contribution is 2.17. The lowest BCUT2D eigenvalue weighted by Crippen LogP contribution is -2.44. The first-order valence-electron chi connectivity index (χ1n) is 7.58. The molecule has 0 bridgehead atoms. The summed E-state index contributed by atoms with van der Waals surface area (Å²) in [6.45, 7) is 2.20. The van der Waals surface area contributed by atoms with Gasteiger partial charge in [-0.15, -0.1) is 0 Å². The molecule has 1 heterocycles. The Balaban J connectivity index is 1.56. The number of carbonyl (C=O) groups is 2. The molecular formula is C14H25N3O2. The highest BCUT2D eigenvalue weighted by molar-refractivity contribution is 5.78. The molecule has 5 nitrogen and oxygen atoms in total. The summed E-state index contributed by atoms with van der Waals surface area (Å²) < 4.78 is 0. The van der Waals surface area contributed by atoms with Crippen LogP contribution in [-0.4, -0.2) is 42.5 Å². The maximum absolute atomic E-state index is 11.8. The summed E-state index contributed by atoms with van der Waals surface area (Å²) in [6.07, 6.45) is 8.50. The molecule has 0 aromatic heterocycles. The number of hydrogen-bond acceptors (Lipinski definition) is 2. The van der Waals surface area contributed by atoms with E-state index < -0.39 is 0 Å². The van der Waals surface area contributed by atoms with Crippen molar-refractivity contribution in [2.45, 2.75) is 57.4 Å². The Bertz CT molecular complexity index is 308. The molecule has 2 N–H and O–H groups in total. The third-order valence-electron chi connectivity index (χ3n) is 4.02. The zero-order chi connectivity index (χ0) is 13.5. The van der Waals surface area contributed by atoms with Gasteiger partial charge in [-0.2, -0.15) is 0 Å². The molecule has 1 saturated carbocycles. The van der Waals surface area contributed by atoms with E-state index in [9.17, 15) is 9.59 Å². The van der Waals surface area contributed by atoms with Crippen molar-refractivity contribution in [3.8, 4) is 0 Å². The average Bonchev–Trinajstić information content (AvgIpc) is 2.93. The minimum absolute atomic E-state index is 0.124. The van der Waals surface area contributed by atoms with E-state index in [0.29, 0.717) is 19.0 Å². The first-order valence-corrected chi connectivity index (χ1v) is 7.58. The molecule has 0 radical (unpaired) electrons. The fraction of sp³-hybridized carbons (Fsp3) is 0.857. The lowest BCUT2D eigenvalue weighted by atomic mass is 9.96. The SMILES string of the molecule is O=C(NCCC(=O)N1CCCC1)NC1CCCCC1. The van der Waals surface area contributed by atoms with Crippen LogP contribution >= 0.6 is 0 Å². The molecule has 5 heteroatoms. The van der Waals surface area contributed by atoms with Crippen molar-refractivity contribution in [1.29, 1.82) is 0 Å². The van der Waals surface area contributed by atoms with Gasteiger partial charge in [0, 0.05) is 32.1 Å². The minimum atomic E-state index is -0.124. The van der Waals surface area contributed by atoms with E-state index in [1.807, 2.05) is 4.90 Å². The topological polar surface area (TPSA) is 61.4 Å². The number of carbonyl (C=O) groups excluding carboxylic acids is 2. The van der Waals surface area contributed by atoms with Gasteiger partial charge in [0.05, 0.1) is 0 Å². The molecule has 19 heavy (non-hydrogen) atoms. The summed E-state index contributed by atoms with van der Waals surface area (Å²) in [4.78, 5) is 25.3. The van der Waals surface area contributed by atoms with Crippen molar-refractivity contribution in [3.63, 3.8) is 0 Å². The molecule has 0 unspecified atom stereocenters. The predicted octanol–water partition coefficient (Wildman–Crippen LogP) is 1.63. The molecule has 2 fully saturated rings. The molecule has 3 amide bonds. The number of nitrogens with one attached hydrogen (secondary N) is 2. The van der Waals surface area contributed by atoms with Crippen molar-refractivity contribution in [1.82, 2.24) is 15.5 Å². The smallest absolute Gasteiger partial charge is 0.315 e. The van der Waals surface area contributed by atoms with Gasteiger partial charge in [0.2, 0.25) is 5.91 Å². The summed E-state index contributed by atoms with van der Waals surface area (Å²) in [7, 11) is 0. The second-order valence-electron chi connectivity index (χ2n) is 5.57. The van der Waals surface area contributed by atoms with Crippen LogP contribution in [0.2, 0.25) is 0 Å². The molecular weight excluding hydrogens is 242 g/mol. The Morgan fingerprint density at radius 2 is 1.68 bits per heavy atom. The summed E-state index contributed by atoms with van der Waals surface area (Å²) in [5.41, 5.74) is 0. The first kappa shape index (κ1) is 14.2. The van der Waals surface area contributed by atoms with Crippen LogP contribution in [0.25, 0.3) is 0 Å². The van der Waals surface area contributed by atoms with E-state index >= 15 is 0 Å². The van der Waals surface area contributed by atoms with Gasteiger partial charge in [-0.1, -0.05) is 19.3 Å². The van der Waals surface area contributed by atoms with Crippen LogP contribution in [0.15, 0.2) is 0 Å². The summed E-state index contributed by atoms with van der Waals surface area (Å²) in [6, 6.07) is 0.198. The van der Waals surface area contributed by atoms with Crippen molar-refractivity contribution < 1.29 is 9.59 Å². The highest BCUT2D eigenvalue weighted by atomic mass is 16.2. The molecule has 0 spiro atoms. The van der Waals surface area contributed by atoms with Crippen LogP contribution in [0, 0.1) is 0 Å². The van der Waals surface area contributed by atoms with Crippen LogP contribution in [0.3, 0.4) is 0 Å².